The molecule has 4 rings (SSSR count). The maximum absolute atomic E-state index is 5.62. The number of anilines is 1. The molecular weight excluding hydrogens is 386 g/mol. The third-order valence-electron chi connectivity index (χ3n) is 5.15. The summed E-state index contributed by atoms with van der Waals surface area (Å²) in [6.45, 7) is 10.8. The highest BCUT2D eigenvalue weighted by Crippen LogP contribution is 2.32. The summed E-state index contributed by atoms with van der Waals surface area (Å²) in [7, 11) is 0. The van der Waals surface area contributed by atoms with Crippen LogP contribution in [0.5, 0.6) is 11.5 Å². The van der Waals surface area contributed by atoms with Crippen LogP contribution < -0.4 is 19.7 Å². The fraction of sp³-hybridized carbons (Fsp3) is 0.476. The van der Waals surface area contributed by atoms with Crippen LogP contribution in [0.25, 0.3) is 0 Å². The third kappa shape index (κ3) is 4.53. The number of aryl methyl sites for hydroxylation is 1. The van der Waals surface area contributed by atoms with Gasteiger partial charge in [-0.3, -0.25) is 0 Å². The average Bonchev–Trinajstić information content (AvgIpc) is 3.19. The van der Waals surface area contributed by atoms with Gasteiger partial charge in [0.05, 0.1) is 0 Å². The van der Waals surface area contributed by atoms with Crippen molar-refractivity contribution in [2.24, 2.45) is 0 Å². The van der Waals surface area contributed by atoms with Crippen molar-refractivity contribution in [3.63, 3.8) is 0 Å². The zero-order valence-corrected chi connectivity index (χ0v) is 18.0. The molecule has 1 aromatic carbocycles. The van der Waals surface area contributed by atoms with Crippen molar-refractivity contribution < 1.29 is 9.47 Å². The van der Waals surface area contributed by atoms with E-state index in [1.54, 1.807) is 0 Å². The Morgan fingerprint density at radius 3 is 2.62 bits per heavy atom. The summed E-state index contributed by atoms with van der Waals surface area (Å²) >= 11 is 5.62. The van der Waals surface area contributed by atoms with Gasteiger partial charge in [-0.1, -0.05) is 19.9 Å². The van der Waals surface area contributed by atoms with Crippen LogP contribution in [-0.4, -0.2) is 53.0 Å². The third-order valence-corrected chi connectivity index (χ3v) is 5.55. The van der Waals surface area contributed by atoms with E-state index in [1.165, 1.54) is 0 Å². The minimum absolute atomic E-state index is 0.291. The normalized spacial score (nSPS) is 15.7. The van der Waals surface area contributed by atoms with E-state index in [9.17, 15) is 0 Å². The maximum atomic E-state index is 5.62. The second kappa shape index (κ2) is 8.41. The lowest BCUT2D eigenvalue weighted by Crippen LogP contribution is -2.51. The molecule has 2 aliphatic rings. The first-order valence-electron chi connectivity index (χ1n) is 10.0. The summed E-state index contributed by atoms with van der Waals surface area (Å²) in [5, 5.41) is 4.15. The molecule has 7 nitrogen and oxygen atoms in total. The van der Waals surface area contributed by atoms with Gasteiger partial charge in [0.1, 0.15) is 11.6 Å². The predicted octanol–water partition coefficient (Wildman–Crippen LogP) is 2.83. The number of nitrogens with zero attached hydrogens (tertiary/aromatic N) is 4. The van der Waals surface area contributed by atoms with E-state index in [0.29, 0.717) is 19.3 Å². The monoisotopic (exact) mass is 413 g/mol. The average molecular weight is 414 g/mol. The van der Waals surface area contributed by atoms with Gasteiger partial charge in [0.25, 0.3) is 0 Å². The van der Waals surface area contributed by atoms with E-state index in [0.717, 1.165) is 65.7 Å². The van der Waals surface area contributed by atoms with Crippen molar-refractivity contribution in [1.29, 1.82) is 0 Å². The molecule has 1 aromatic heterocycles. The Kier molecular flexibility index (Phi) is 5.71. The topological polar surface area (TPSA) is 62.8 Å². The molecule has 0 atom stereocenters. The number of piperazine rings is 1. The summed E-state index contributed by atoms with van der Waals surface area (Å²) in [5.41, 5.74) is 2.13. The van der Waals surface area contributed by atoms with Gasteiger partial charge >= 0.3 is 0 Å². The quantitative estimate of drug-likeness (QED) is 0.768. The number of hydrogen-bond donors (Lipinski definition) is 1. The standard InChI is InChI=1S/C21H27N5O2S/c1-14(2)20-23-15(3)10-19(24-20)25-6-8-26(9-7-25)21(29)22-12-16-4-5-17-18(11-16)28-13-27-17/h4-5,10-11,14H,6-9,12-13H2,1-3H3,(H,22,29). The van der Waals surface area contributed by atoms with Crippen LogP contribution in [0.3, 0.4) is 0 Å². The smallest absolute Gasteiger partial charge is 0.231 e. The first kappa shape index (κ1) is 19.7. The summed E-state index contributed by atoms with van der Waals surface area (Å²) in [4.78, 5) is 13.8. The van der Waals surface area contributed by atoms with Gasteiger partial charge in [0, 0.05) is 50.4 Å². The van der Waals surface area contributed by atoms with Crippen LogP contribution in [0, 0.1) is 6.92 Å². The first-order valence-corrected chi connectivity index (χ1v) is 10.4. The molecule has 3 heterocycles. The lowest BCUT2D eigenvalue weighted by atomic mass is 10.2. The molecule has 0 aliphatic carbocycles. The number of benzene rings is 1. The van der Waals surface area contributed by atoms with E-state index in [1.807, 2.05) is 25.1 Å². The summed E-state index contributed by atoms with van der Waals surface area (Å²) in [5.74, 6) is 3.84. The number of thiocarbonyl (C=S) groups is 1. The molecule has 2 aromatic rings. The molecule has 0 spiro atoms. The van der Waals surface area contributed by atoms with Crippen LogP contribution >= 0.6 is 12.2 Å². The van der Waals surface area contributed by atoms with Crippen molar-refractivity contribution >= 4 is 23.1 Å². The van der Waals surface area contributed by atoms with Gasteiger partial charge in [-0.05, 0) is 36.8 Å². The zero-order valence-electron chi connectivity index (χ0n) is 17.1. The Hall–Kier alpha value is -2.61. The molecule has 1 saturated heterocycles. The summed E-state index contributed by atoms with van der Waals surface area (Å²) < 4.78 is 10.8. The second-order valence-corrected chi connectivity index (χ2v) is 8.09. The maximum Gasteiger partial charge on any atom is 0.231 e. The molecule has 8 heteroatoms. The molecule has 29 heavy (non-hydrogen) atoms. The van der Waals surface area contributed by atoms with Crippen LogP contribution in [0.15, 0.2) is 24.3 Å². The van der Waals surface area contributed by atoms with Crippen molar-refractivity contribution in [3.05, 3.63) is 41.3 Å². The number of rotatable bonds is 4. The Labute approximate surface area is 177 Å². The van der Waals surface area contributed by atoms with E-state index >= 15 is 0 Å². The molecule has 2 aliphatic heterocycles. The molecule has 0 radical (unpaired) electrons. The minimum Gasteiger partial charge on any atom is -0.454 e. The van der Waals surface area contributed by atoms with E-state index < -0.39 is 0 Å². The van der Waals surface area contributed by atoms with Crippen LogP contribution in [0.2, 0.25) is 0 Å². The van der Waals surface area contributed by atoms with Gasteiger partial charge in [-0.2, -0.15) is 0 Å². The zero-order chi connectivity index (χ0) is 20.4. The Morgan fingerprint density at radius 2 is 1.86 bits per heavy atom. The summed E-state index contributed by atoms with van der Waals surface area (Å²) in [6, 6.07) is 8.04. The van der Waals surface area contributed by atoms with Crippen LogP contribution in [0.4, 0.5) is 5.82 Å². The number of fused-ring (bicyclic) bond motifs is 1. The van der Waals surface area contributed by atoms with Crippen molar-refractivity contribution in [3.8, 4) is 11.5 Å². The van der Waals surface area contributed by atoms with Crippen molar-refractivity contribution in [2.45, 2.75) is 33.2 Å². The number of ether oxygens (including phenoxy) is 2. The molecular formula is C21H27N5O2S. The molecule has 0 amide bonds. The SMILES string of the molecule is Cc1cc(N2CCN(C(=S)NCc3ccc4c(c3)OCO4)CC2)nc(C(C)C)n1. The lowest BCUT2D eigenvalue weighted by Gasteiger charge is -2.37. The highest BCUT2D eigenvalue weighted by molar-refractivity contribution is 7.80. The highest BCUT2D eigenvalue weighted by atomic mass is 32.1. The van der Waals surface area contributed by atoms with Gasteiger partial charge in [-0.25, -0.2) is 9.97 Å². The van der Waals surface area contributed by atoms with Crippen molar-refractivity contribution in [2.75, 3.05) is 37.9 Å². The first-order chi connectivity index (χ1) is 14.0. The van der Waals surface area contributed by atoms with Crippen molar-refractivity contribution in [1.82, 2.24) is 20.2 Å². The minimum atomic E-state index is 0.291. The molecule has 0 bridgehead atoms. The largest absolute Gasteiger partial charge is 0.454 e. The Morgan fingerprint density at radius 1 is 1.10 bits per heavy atom. The second-order valence-electron chi connectivity index (χ2n) is 7.70. The summed E-state index contributed by atoms with van der Waals surface area (Å²) in [6.07, 6.45) is 0. The molecule has 0 saturated carbocycles. The molecule has 1 fully saturated rings. The molecule has 0 unspecified atom stereocenters. The molecule has 1 N–H and O–H groups in total. The Bertz CT molecular complexity index is 897. The predicted molar refractivity (Wildman–Crippen MR) is 117 cm³/mol. The van der Waals surface area contributed by atoms with E-state index in [2.05, 4.69) is 40.0 Å². The van der Waals surface area contributed by atoms with E-state index in [-0.39, 0.29) is 0 Å². The van der Waals surface area contributed by atoms with Crippen LogP contribution in [-0.2, 0) is 6.54 Å². The number of hydrogen-bond acceptors (Lipinski definition) is 6. The Balaban J connectivity index is 1.31. The van der Waals surface area contributed by atoms with Gasteiger partial charge in [0.2, 0.25) is 6.79 Å². The van der Waals surface area contributed by atoms with Gasteiger partial charge in [0.15, 0.2) is 16.6 Å². The van der Waals surface area contributed by atoms with E-state index in [4.69, 9.17) is 26.7 Å². The van der Waals surface area contributed by atoms with Crippen LogP contribution in [0.1, 0.15) is 36.8 Å². The van der Waals surface area contributed by atoms with Gasteiger partial charge < -0.3 is 24.6 Å². The fourth-order valence-electron chi connectivity index (χ4n) is 3.47. The van der Waals surface area contributed by atoms with Gasteiger partial charge in [-0.15, -0.1) is 0 Å². The molecule has 154 valence electrons. The number of nitrogens with one attached hydrogen (secondary N) is 1. The number of aromatic nitrogens is 2. The lowest BCUT2D eigenvalue weighted by molar-refractivity contribution is 0.174. The highest BCUT2D eigenvalue weighted by Gasteiger charge is 2.21. The fourth-order valence-corrected chi connectivity index (χ4v) is 3.73.